The van der Waals surface area contributed by atoms with Crippen LogP contribution in [-0.2, 0) is 12.8 Å². The van der Waals surface area contributed by atoms with Crippen LogP contribution in [0.2, 0.25) is 0 Å². The SMILES string of the molecule is N=CCCC=C1c2ccccc2CCc2ccccc21. The second-order valence-corrected chi connectivity index (χ2v) is 5.21. The van der Waals surface area contributed by atoms with Crippen molar-refractivity contribution in [1.29, 1.82) is 5.41 Å². The third-order valence-corrected chi connectivity index (χ3v) is 3.94. The number of unbranched alkanes of at least 4 members (excludes halogenated alkanes) is 1. The lowest BCUT2D eigenvalue weighted by Crippen LogP contribution is -1.92. The van der Waals surface area contributed by atoms with Crippen molar-refractivity contribution in [2.45, 2.75) is 25.7 Å². The number of hydrogen-bond donors (Lipinski definition) is 1. The number of benzene rings is 2. The van der Waals surface area contributed by atoms with Gasteiger partial charge in [-0.15, -0.1) is 0 Å². The van der Waals surface area contributed by atoms with Crippen LogP contribution >= 0.6 is 0 Å². The van der Waals surface area contributed by atoms with Gasteiger partial charge in [0.15, 0.2) is 0 Å². The molecule has 2 aromatic rings. The highest BCUT2D eigenvalue weighted by atomic mass is 14.3. The molecule has 3 rings (SSSR count). The fourth-order valence-corrected chi connectivity index (χ4v) is 2.95. The standard InChI is InChI=1S/C19H19N/c20-14-6-5-11-19-17-9-3-1-7-15(17)12-13-16-8-2-4-10-18(16)19/h1-4,7-11,14,20H,5-6,12-13H2. The largest absolute Gasteiger partial charge is 0.313 e. The van der Waals surface area contributed by atoms with Crippen LogP contribution in [0.15, 0.2) is 54.6 Å². The Labute approximate surface area is 120 Å². The molecule has 1 aliphatic carbocycles. The number of aryl methyl sites for hydroxylation is 2. The third kappa shape index (κ3) is 2.44. The summed E-state index contributed by atoms with van der Waals surface area (Å²) in [5.41, 5.74) is 6.94. The van der Waals surface area contributed by atoms with Crippen molar-refractivity contribution in [3.8, 4) is 0 Å². The van der Waals surface area contributed by atoms with Gasteiger partial charge in [0.25, 0.3) is 0 Å². The predicted octanol–water partition coefficient (Wildman–Crippen LogP) is 4.65. The van der Waals surface area contributed by atoms with E-state index in [1.165, 1.54) is 34.0 Å². The van der Waals surface area contributed by atoms with E-state index in [-0.39, 0.29) is 0 Å². The normalized spacial score (nSPS) is 13.1. The highest BCUT2D eigenvalue weighted by Gasteiger charge is 2.16. The van der Waals surface area contributed by atoms with Crippen LogP contribution < -0.4 is 0 Å². The van der Waals surface area contributed by atoms with E-state index in [9.17, 15) is 0 Å². The molecule has 2 aromatic carbocycles. The second-order valence-electron chi connectivity index (χ2n) is 5.21. The summed E-state index contributed by atoms with van der Waals surface area (Å²) in [5.74, 6) is 0. The lowest BCUT2D eigenvalue weighted by molar-refractivity contribution is 0.965. The Balaban J connectivity index is 2.14. The van der Waals surface area contributed by atoms with Gasteiger partial charge in [-0.25, -0.2) is 0 Å². The zero-order chi connectivity index (χ0) is 13.8. The van der Waals surface area contributed by atoms with E-state index >= 15 is 0 Å². The molecule has 0 aromatic heterocycles. The summed E-state index contributed by atoms with van der Waals surface area (Å²) in [6.07, 6.45) is 7.75. The van der Waals surface area contributed by atoms with Gasteiger partial charge < -0.3 is 5.41 Å². The van der Waals surface area contributed by atoms with Crippen molar-refractivity contribution in [1.82, 2.24) is 0 Å². The maximum atomic E-state index is 7.20. The minimum absolute atomic E-state index is 0.813. The molecule has 20 heavy (non-hydrogen) atoms. The van der Waals surface area contributed by atoms with Crippen LogP contribution in [-0.4, -0.2) is 6.21 Å². The molecule has 0 fully saturated rings. The summed E-state index contributed by atoms with van der Waals surface area (Å²) in [5, 5.41) is 7.20. The molecule has 0 atom stereocenters. The molecule has 0 saturated carbocycles. The molecular weight excluding hydrogens is 242 g/mol. The lowest BCUT2D eigenvalue weighted by atomic mass is 9.93. The Morgan fingerprint density at radius 3 is 1.90 bits per heavy atom. The van der Waals surface area contributed by atoms with Crippen molar-refractivity contribution < 1.29 is 0 Å². The average molecular weight is 261 g/mol. The Morgan fingerprint density at radius 2 is 1.35 bits per heavy atom. The van der Waals surface area contributed by atoms with Crippen molar-refractivity contribution >= 4 is 11.8 Å². The van der Waals surface area contributed by atoms with Crippen LogP contribution in [0.4, 0.5) is 0 Å². The molecule has 0 radical (unpaired) electrons. The fourth-order valence-electron chi connectivity index (χ4n) is 2.95. The van der Waals surface area contributed by atoms with E-state index in [0.717, 1.165) is 25.7 Å². The first-order chi connectivity index (χ1) is 9.90. The number of fused-ring (bicyclic) bond motifs is 2. The van der Waals surface area contributed by atoms with Gasteiger partial charge in [0.05, 0.1) is 0 Å². The van der Waals surface area contributed by atoms with Crippen LogP contribution in [0.3, 0.4) is 0 Å². The number of hydrogen-bond acceptors (Lipinski definition) is 1. The van der Waals surface area contributed by atoms with Gasteiger partial charge in [0, 0.05) is 0 Å². The summed E-state index contributed by atoms with van der Waals surface area (Å²) < 4.78 is 0. The third-order valence-electron chi connectivity index (χ3n) is 3.94. The smallest absolute Gasteiger partial charge is 0.00447 e. The molecule has 0 aliphatic heterocycles. The van der Waals surface area contributed by atoms with Gasteiger partial charge in [-0.05, 0) is 59.7 Å². The van der Waals surface area contributed by atoms with Gasteiger partial charge in [0.1, 0.15) is 0 Å². The van der Waals surface area contributed by atoms with E-state index in [4.69, 9.17) is 5.41 Å². The van der Waals surface area contributed by atoms with Crippen molar-refractivity contribution in [3.05, 3.63) is 76.9 Å². The maximum Gasteiger partial charge on any atom is -0.00447 e. The first kappa shape index (κ1) is 12.9. The Kier molecular flexibility index (Phi) is 3.78. The maximum absolute atomic E-state index is 7.20. The average Bonchev–Trinajstić information content (AvgIpc) is 2.66. The summed E-state index contributed by atoms with van der Waals surface area (Å²) in [6.45, 7) is 0. The molecule has 0 unspecified atom stereocenters. The molecule has 1 aliphatic rings. The van der Waals surface area contributed by atoms with E-state index in [0.29, 0.717) is 0 Å². The summed E-state index contributed by atoms with van der Waals surface area (Å²) >= 11 is 0. The van der Waals surface area contributed by atoms with Crippen LogP contribution in [0.1, 0.15) is 35.1 Å². The zero-order valence-electron chi connectivity index (χ0n) is 11.6. The quantitative estimate of drug-likeness (QED) is 0.614. The van der Waals surface area contributed by atoms with E-state index in [2.05, 4.69) is 54.6 Å². The molecule has 1 heteroatoms. The van der Waals surface area contributed by atoms with Gasteiger partial charge in [-0.2, -0.15) is 0 Å². The van der Waals surface area contributed by atoms with Crippen LogP contribution in [0.25, 0.3) is 5.57 Å². The molecule has 1 nitrogen and oxygen atoms in total. The van der Waals surface area contributed by atoms with Gasteiger partial charge in [0.2, 0.25) is 0 Å². The highest BCUT2D eigenvalue weighted by Crippen LogP contribution is 2.33. The predicted molar refractivity (Wildman–Crippen MR) is 85.4 cm³/mol. The van der Waals surface area contributed by atoms with E-state index in [1.807, 2.05) is 0 Å². The number of nitrogens with one attached hydrogen (secondary N) is 1. The molecule has 0 saturated heterocycles. The van der Waals surface area contributed by atoms with Crippen molar-refractivity contribution in [2.24, 2.45) is 0 Å². The van der Waals surface area contributed by atoms with Gasteiger partial charge >= 0.3 is 0 Å². The molecule has 100 valence electrons. The summed E-state index contributed by atoms with van der Waals surface area (Å²) in [4.78, 5) is 0. The van der Waals surface area contributed by atoms with E-state index < -0.39 is 0 Å². The minimum atomic E-state index is 0.813. The van der Waals surface area contributed by atoms with Crippen molar-refractivity contribution in [3.63, 3.8) is 0 Å². The van der Waals surface area contributed by atoms with Gasteiger partial charge in [-0.3, -0.25) is 0 Å². The summed E-state index contributed by atoms with van der Waals surface area (Å²) in [6, 6.07) is 17.4. The molecule has 1 N–H and O–H groups in total. The molecule has 0 heterocycles. The molecule has 0 bridgehead atoms. The first-order valence-electron chi connectivity index (χ1n) is 7.26. The minimum Gasteiger partial charge on any atom is -0.313 e. The monoisotopic (exact) mass is 261 g/mol. The van der Waals surface area contributed by atoms with Crippen molar-refractivity contribution in [2.75, 3.05) is 0 Å². The number of allylic oxidation sites excluding steroid dienone is 1. The van der Waals surface area contributed by atoms with Crippen LogP contribution in [0, 0.1) is 5.41 Å². The zero-order valence-corrected chi connectivity index (χ0v) is 11.6. The van der Waals surface area contributed by atoms with E-state index in [1.54, 1.807) is 0 Å². The second kappa shape index (κ2) is 5.87. The Morgan fingerprint density at radius 1 is 0.800 bits per heavy atom. The fraction of sp³-hybridized carbons (Fsp3) is 0.211. The Hall–Kier alpha value is -2.15. The lowest BCUT2D eigenvalue weighted by Gasteiger charge is -2.11. The molecule has 0 spiro atoms. The summed E-state index contributed by atoms with van der Waals surface area (Å²) in [7, 11) is 0. The van der Waals surface area contributed by atoms with Crippen LogP contribution in [0.5, 0.6) is 0 Å². The molecular formula is C19H19N. The Bertz CT molecular complexity index is 603. The first-order valence-corrected chi connectivity index (χ1v) is 7.26. The molecule has 0 amide bonds. The number of rotatable bonds is 3. The highest BCUT2D eigenvalue weighted by molar-refractivity contribution is 5.84. The topological polar surface area (TPSA) is 23.9 Å². The van der Waals surface area contributed by atoms with Gasteiger partial charge in [-0.1, -0.05) is 54.6 Å².